The molecule has 0 spiro atoms. The molecule has 3 rings (SSSR count). The summed E-state index contributed by atoms with van der Waals surface area (Å²) in [5.74, 6) is -0.0724. The molecule has 0 bridgehead atoms. The Morgan fingerprint density at radius 1 is 1.05 bits per heavy atom. The van der Waals surface area contributed by atoms with E-state index in [4.69, 9.17) is 4.55 Å². The summed E-state index contributed by atoms with van der Waals surface area (Å²) in [6.45, 7) is 0. The zero-order chi connectivity index (χ0) is 14.9. The van der Waals surface area contributed by atoms with E-state index in [1.54, 1.807) is 0 Å². The van der Waals surface area contributed by atoms with Gasteiger partial charge in [-0.2, -0.15) is 0 Å². The van der Waals surface area contributed by atoms with Gasteiger partial charge in [0.15, 0.2) is 0 Å². The molecule has 1 fully saturated rings. The Morgan fingerprint density at radius 3 is 2.29 bits per heavy atom. The summed E-state index contributed by atoms with van der Waals surface area (Å²) in [4.78, 5) is 0. The van der Waals surface area contributed by atoms with Gasteiger partial charge in [-0.3, -0.25) is 0 Å². The van der Waals surface area contributed by atoms with Crippen molar-refractivity contribution in [1.82, 2.24) is 0 Å². The van der Waals surface area contributed by atoms with Gasteiger partial charge in [0.1, 0.15) is 0 Å². The maximum atomic E-state index is 10.9. The third-order valence-electron chi connectivity index (χ3n) is 3.38. The van der Waals surface area contributed by atoms with Crippen LogP contribution in [-0.2, 0) is 10.1 Å². The molecule has 1 heterocycles. The van der Waals surface area contributed by atoms with Gasteiger partial charge in [0, 0.05) is 0 Å². The van der Waals surface area contributed by atoms with Crippen molar-refractivity contribution in [2.75, 3.05) is 11.1 Å². The van der Waals surface area contributed by atoms with Crippen LogP contribution in [0.2, 0.25) is 9.91 Å². The van der Waals surface area contributed by atoms with Crippen LogP contribution in [0.25, 0.3) is 0 Å². The Morgan fingerprint density at radius 2 is 1.67 bits per heavy atom. The summed E-state index contributed by atoms with van der Waals surface area (Å²) < 4.78 is 32.1. The number of hydrogen-bond donors (Lipinski definition) is 2. The van der Waals surface area contributed by atoms with E-state index < -0.39 is 24.8 Å². The number of nitrogens with one attached hydrogen (secondary N) is 1. The average molecular weight is 365 g/mol. The van der Waals surface area contributed by atoms with E-state index in [1.807, 2.05) is 42.5 Å². The van der Waals surface area contributed by atoms with Crippen LogP contribution in [0.4, 0.5) is 11.4 Å². The summed E-state index contributed by atoms with van der Waals surface area (Å²) in [6.07, 6.45) is 0. The van der Waals surface area contributed by atoms with Gasteiger partial charge < -0.3 is 0 Å². The molecule has 0 saturated carbocycles. The predicted octanol–water partition coefficient (Wildman–Crippen LogP) is 2.40. The fraction of sp³-hybridized carbons (Fsp3) is 0.200. The molecule has 1 saturated heterocycles. The molecule has 1 aliphatic heterocycles. The molecule has 0 aliphatic carbocycles. The number of benzene rings is 2. The number of rotatable bonds is 5. The zero-order valence-corrected chi connectivity index (χ0v) is 14.0. The molecule has 2 aromatic rings. The van der Waals surface area contributed by atoms with E-state index in [1.165, 1.54) is 4.35 Å². The van der Waals surface area contributed by atoms with Crippen molar-refractivity contribution < 1.29 is 13.0 Å². The molecule has 1 aliphatic rings. The molecule has 21 heavy (non-hydrogen) atoms. The molecule has 2 unspecified atom stereocenters. The minimum absolute atomic E-state index is 0.0724. The first-order valence-corrected chi connectivity index (χ1v) is 11.6. The third-order valence-corrected chi connectivity index (χ3v) is 10.1. The topological polar surface area (TPSA) is 66.4 Å². The van der Waals surface area contributed by atoms with Crippen molar-refractivity contribution in [2.24, 2.45) is 0 Å². The fourth-order valence-electron chi connectivity index (χ4n) is 2.31. The van der Waals surface area contributed by atoms with E-state index in [0.717, 1.165) is 16.6 Å². The normalized spacial score (nSPS) is 21.0. The number of hydrogen-bond acceptors (Lipinski definition) is 3. The average Bonchev–Trinajstić information content (AvgIpc) is 3.18. The van der Waals surface area contributed by atoms with Crippen molar-refractivity contribution in [3.63, 3.8) is 0 Å². The summed E-state index contributed by atoms with van der Waals surface area (Å²) in [7, 11) is -3.83. The molecule has 0 aromatic heterocycles. The predicted molar refractivity (Wildman–Crippen MR) is 86.5 cm³/mol. The van der Waals surface area contributed by atoms with E-state index >= 15 is 0 Å². The van der Waals surface area contributed by atoms with Crippen LogP contribution < -0.4 is 9.67 Å². The first-order chi connectivity index (χ1) is 10.0. The Bertz CT molecular complexity index is 716. The van der Waals surface area contributed by atoms with Crippen LogP contribution in [-0.4, -0.2) is 33.4 Å². The number of anilines is 2. The van der Waals surface area contributed by atoms with Crippen molar-refractivity contribution in [3.8, 4) is 0 Å². The van der Waals surface area contributed by atoms with Crippen LogP contribution >= 0.6 is 0 Å². The van der Waals surface area contributed by atoms with Gasteiger partial charge in [0.2, 0.25) is 0 Å². The second-order valence-corrected chi connectivity index (χ2v) is 11.9. The van der Waals surface area contributed by atoms with E-state index in [-0.39, 0.29) is 10.5 Å². The van der Waals surface area contributed by atoms with Crippen molar-refractivity contribution >= 4 is 40.5 Å². The molecular weight excluding hydrogens is 349 g/mol. The van der Waals surface area contributed by atoms with Gasteiger partial charge in [-0.1, -0.05) is 0 Å². The molecule has 2 aromatic carbocycles. The molecule has 2 N–H and O–H groups in total. The van der Waals surface area contributed by atoms with Crippen LogP contribution in [0.3, 0.4) is 0 Å². The number of para-hydroxylation sites is 1. The van der Waals surface area contributed by atoms with E-state index in [0.29, 0.717) is 0 Å². The van der Waals surface area contributed by atoms with Crippen LogP contribution in [0.5, 0.6) is 0 Å². The van der Waals surface area contributed by atoms with Gasteiger partial charge in [-0.05, 0) is 0 Å². The molecule has 0 radical (unpaired) electrons. The van der Waals surface area contributed by atoms with E-state index in [9.17, 15) is 8.42 Å². The maximum absolute atomic E-state index is 10.9. The standard InChI is InChI=1S/C15H16AsNO3S/c18-21(19,20)11-13-10-16(13)12-6-8-15(9-7-12)17-14-4-2-1-3-5-14/h1-9,13,17H,10-11H2,(H,18,19,20). The summed E-state index contributed by atoms with van der Waals surface area (Å²) in [5.41, 5.74) is 2.06. The van der Waals surface area contributed by atoms with Crippen molar-refractivity contribution in [2.45, 2.75) is 9.91 Å². The van der Waals surface area contributed by atoms with Gasteiger partial charge >= 0.3 is 129 Å². The molecule has 0 amide bonds. The second-order valence-electron chi connectivity index (χ2n) is 5.09. The first kappa shape index (κ1) is 14.6. The van der Waals surface area contributed by atoms with Gasteiger partial charge in [0.05, 0.1) is 0 Å². The van der Waals surface area contributed by atoms with Gasteiger partial charge in [0.25, 0.3) is 0 Å². The Kier molecular flexibility index (Phi) is 4.07. The molecule has 4 nitrogen and oxygen atoms in total. The fourth-order valence-corrected chi connectivity index (χ4v) is 10.1. The van der Waals surface area contributed by atoms with E-state index in [2.05, 4.69) is 17.4 Å². The van der Waals surface area contributed by atoms with Crippen LogP contribution in [0, 0.1) is 0 Å². The second kappa shape index (κ2) is 5.84. The summed E-state index contributed by atoms with van der Waals surface area (Å²) in [6, 6.07) is 18.2. The minimum atomic E-state index is -3.83. The molecule has 110 valence electrons. The SMILES string of the molecule is O=S(=O)(O)CC1C[As]1c1ccc(Nc2ccccc2)cc1. The quantitative estimate of drug-likeness (QED) is 0.631. The monoisotopic (exact) mass is 365 g/mol. The van der Waals surface area contributed by atoms with Gasteiger partial charge in [-0.25, -0.2) is 0 Å². The molecule has 6 heteroatoms. The van der Waals surface area contributed by atoms with Crippen LogP contribution in [0.15, 0.2) is 54.6 Å². The van der Waals surface area contributed by atoms with Crippen LogP contribution in [0.1, 0.15) is 0 Å². The molecular formula is C15H16AsNO3S. The van der Waals surface area contributed by atoms with Crippen molar-refractivity contribution in [3.05, 3.63) is 54.6 Å². The Hall–Kier alpha value is -1.29. The Labute approximate surface area is 129 Å². The molecule has 2 atom stereocenters. The summed E-state index contributed by atoms with van der Waals surface area (Å²) in [5, 5.41) is 4.29. The first-order valence-electron chi connectivity index (χ1n) is 6.65. The van der Waals surface area contributed by atoms with Gasteiger partial charge in [-0.15, -0.1) is 0 Å². The van der Waals surface area contributed by atoms with Crippen molar-refractivity contribution in [1.29, 1.82) is 0 Å². The summed E-state index contributed by atoms with van der Waals surface area (Å²) >= 11 is -1.24. The third kappa shape index (κ3) is 4.10. The Balaban J connectivity index is 1.63. The zero-order valence-electron chi connectivity index (χ0n) is 11.3.